The number of pyridine rings is 1. The number of anilines is 2. The van der Waals surface area contributed by atoms with E-state index in [4.69, 9.17) is 4.74 Å². The van der Waals surface area contributed by atoms with Crippen molar-refractivity contribution in [2.45, 2.75) is 116 Å². The van der Waals surface area contributed by atoms with Gasteiger partial charge in [-0.15, -0.1) is 0 Å². The molecule has 1 unspecified atom stereocenters. The van der Waals surface area contributed by atoms with Crippen LogP contribution in [0.15, 0.2) is 53.3 Å². The van der Waals surface area contributed by atoms with Crippen LogP contribution in [0.25, 0.3) is 10.9 Å². The standard InChI is InChI=1S/C41H57N7O6/c1-26-22-36(49)46-34-24-29(17-18-30(26)34)45-37(50)33(16-10-11-20-43-40(53)54-41(2,3)4)47-38(51)35(23-27-12-6-5-7-13-27)48-39(52)42-21-19-28-25-44-32-15-9-8-14-31(28)32/h8-9,14-15,17-18,22,24,27-28,33,35,44H,5-7,10-13,16,19-21,23,25H2,1-4H3,(H,43,53)(H,45,50)(H,46,49)(H,47,51)(H2,42,48,52)/t28?,33-,35-/m0/s1. The Bertz CT molecular complexity index is 1830. The van der Waals surface area contributed by atoms with E-state index in [1.807, 2.05) is 25.1 Å². The first-order chi connectivity index (χ1) is 25.8. The minimum absolute atomic E-state index is 0.241. The molecule has 5 amide bonds. The van der Waals surface area contributed by atoms with E-state index in [1.54, 1.807) is 32.9 Å². The zero-order chi connectivity index (χ0) is 38.7. The van der Waals surface area contributed by atoms with E-state index in [2.05, 4.69) is 49.0 Å². The summed E-state index contributed by atoms with van der Waals surface area (Å²) in [5, 5.41) is 18.8. The molecular formula is C41H57N7O6. The van der Waals surface area contributed by atoms with Gasteiger partial charge in [0.1, 0.15) is 17.7 Å². The van der Waals surface area contributed by atoms with Crippen LogP contribution in [0, 0.1) is 12.8 Å². The van der Waals surface area contributed by atoms with Gasteiger partial charge in [0.15, 0.2) is 0 Å². The van der Waals surface area contributed by atoms with Crippen molar-refractivity contribution in [1.29, 1.82) is 0 Å². The number of nitrogens with one attached hydrogen (secondary N) is 7. The van der Waals surface area contributed by atoms with Gasteiger partial charge in [0, 0.05) is 48.4 Å². The van der Waals surface area contributed by atoms with E-state index in [0.29, 0.717) is 43.6 Å². The van der Waals surface area contributed by atoms with Crippen LogP contribution in [-0.4, -0.2) is 66.2 Å². The fraction of sp³-hybridized carbons (Fsp3) is 0.537. The smallest absolute Gasteiger partial charge is 0.407 e. The molecule has 1 fully saturated rings. The van der Waals surface area contributed by atoms with Gasteiger partial charge in [-0.05, 0) is 95.0 Å². The minimum Gasteiger partial charge on any atom is -0.444 e. The van der Waals surface area contributed by atoms with E-state index < -0.39 is 41.6 Å². The average Bonchev–Trinajstić information content (AvgIpc) is 3.53. The molecule has 1 aromatic heterocycles. The van der Waals surface area contributed by atoms with Crippen LogP contribution in [-0.2, 0) is 14.3 Å². The Labute approximate surface area is 317 Å². The average molecular weight is 744 g/mol. The number of amides is 5. The lowest BCUT2D eigenvalue weighted by molar-refractivity contribution is -0.128. The Kier molecular flexibility index (Phi) is 14.0. The van der Waals surface area contributed by atoms with Gasteiger partial charge in [-0.2, -0.15) is 0 Å². The maximum absolute atomic E-state index is 14.0. The topological polar surface area (TPSA) is 183 Å². The highest BCUT2D eigenvalue weighted by Crippen LogP contribution is 2.33. The van der Waals surface area contributed by atoms with Crippen molar-refractivity contribution in [3.63, 3.8) is 0 Å². The maximum atomic E-state index is 14.0. The van der Waals surface area contributed by atoms with Gasteiger partial charge in [0.2, 0.25) is 17.4 Å². The number of carbonyl (C=O) groups is 4. The highest BCUT2D eigenvalue weighted by atomic mass is 16.6. The number of carbonyl (C=O) groups excluding carboxylic acids is 4. The van der Waals surface area contributed by atoms with Crippen molar-refractivity contribution in [3.05, 3.63) is 70.0 Å². The van der Waals surface area contributed by atoms with Gasteiger partial charge in [0.25, 0.3) is 0 Å². The van der Waals surface area contributed by atoms with Gasteiger partial charge >= 0.3 is 12.1 Å². The number of ether oxygens (including phenoxy) is 1. The van der Waals surface area contributed by atoms with E-state index in [9.17, 15) is 24.0 Å². The molecule has 1 aliphatic carbocycles. The first kappa shape index (κ1) is 40.1. The van der Waals surface area contributed by atoms with Gasteiger partial charge in [0.05, 0.1) is 5.52 Å². The fourth-order valence-corrected chi connectivity index (χ4v) is 7.43. The third-order valence-corrected chi connectivity index (χ3v) is 10.2. The zero-order valence-corrected chi connectivity index (χ0v) is 32.1. The lowest BCUT2D eigenvalue weighted by atomic mass is 9.84. The van der Waals surface area contributed by atoms with Crippen LogP contribution < -0.4 is 37.5 Å². The molecule has 0 radical (unpaired) electrons. The molecule has 0 bridgehead atoms. The quantitative estimate of drug-likeness (QED) is 0.0906. The summed E-state index contributed by atoms with van der Waals surface area (Å²) >= 11 is 0. The van der Waals surface area contributed by atoms with Crippen LogP contribution in [0.2, 0.25) is 0 Å². The Morgan fingerprint density at radius 3 is 2.44 bits per heavy atom. The van der Waals surface area contributed by atoms with E-state index >= 15 is 0 Å². The zero-order valence-electron chi connectivity index (χ0n) is 32.1. The second-order valence-corrected chi connectivity index (χ2v) is 15.7. The van der Waals surface area contributed by atoms with Crippen LogP contribution in [0.5, 0.6) is 0 Å². The minimum atomic E-state index is -0.931. The molecule has 2 heterocycles. The number of unbranched alkanes of at least 4 members (excludes halogenated alkanes) is 1. The molecule has 0 saturated heterocycles. The number of fused-ring (bicyclic) bond motifs is 2. The van der Waals surface area contributed by atoms with E-state index in [1.165, 1.54) is 11.6 Å². The molecule has 3 aromatic rings. The van der Waals surface area contributed by atoms with Crippen LogP contribution in [0.3, 0.4) is 0 Å². The monoisotopic (exact) mass is 743 g/mol. The number of hydrogen-bond acceptors (Lipinski definition) is 7. The summed E-state index contributed by atoms with van der Waals surface area (Å²) in [6.45, 7) is 8.82. The van der Waals surface area contributed by atoms with Crippen molar-refractivity contribution in [1.82, 2.24) is 26.3 Å². The lowest BCUT2D eigenvalue weighted by Crippen LogP contribution is -2.55. The molecule has 1 saturated carbocycles. The normalized spacial score (nSPS) is 16.7. The number of aryl methyl sites for hydroxylation is 1. The molecule has 2 aliphatic rings. The molecule has 292 valence electrons. The Balaban J connectivity index is 1.24. The highest BCUT2D eigenvalue weighted by molar-refractivity contribution is 5.99. The van der Waals surface area contributed by atoms with Crippen LogP contribution >= 0.6 is 0 Å². The number of rotatable bonds is 15. The van der Waals surface area contributed by atoms with Gasteiger partial charge in [-0.3, -0.25) is 14.4 Å². The Morgan fingerprint density at radius 2 is 1.67 bits per heavy atom. The molecule has 7 N–H and O–H groups in total. The summed E-state index contributed by atoms with van der Waals surface area (Å²) in [7, 11) is 0. The number of aromatic nitrogens is 1. The van der Waals surface area contributed by atoms with Gasteiger partial charge in [-0.25, -0.2) is 9.59 Å². The van der Waals surface area contributed by atoms with Crippen molar-refractivity contribution in [2.75, 3.05) is 30.3 Å². The second kappa shape index (κ2) is 18.8. The summed E-state index contributed by atoms with van der Waals surface area (Å²) in [4.78, 5) is 68.2. The van der Waals surface area contributed by atoms with Gasteiger partial charge < -0.3 is 41.6 Å². The molecule has 1 aliphatic heterocycles. The second-order valence-electron chi connectivity index (χ2n) is 15.7. The summed E-state index contributed by atoms with van der Waals surface area (Å²) < 4.78 is 5.32. The molecule has 13 nitrogen and oxygen atoms in total. The molecular weight excluding hydrogens is 686 g/mol. The Morgan fingerprint density at radius 1 is 0.889 bits per heavy atom. The SMILES string of the molecule is Cc1cc(=O)[nH]c2cc(NC(=O)[C@H](CCCCNC(=O)OC(C)(C)C)NC(=O)[C@H](CC3CCCCC3)NC(=O)NCCC3CNc4ccccc43)ccc12. The Hall–Kier alpha value is -5.07. The first-order valence-corrected chi connectivity index (χ1v) is 19.4. The maximum Gasteiger partial charge on any atom is 0.407 e. The number of urea groups is 1. The fourth-order valence-electron chi connectivity index (χ4n) is 7.43. The van der Waals surface area contributed by atoms with Crippen molar-refractivity contribution in [2.24, 2.45) is 5.92 Å². The molecule has 3 atom stereocenters. The highest BCUT2D eigenvalue weighted by Gasteiger charge is 2.30. The summed E-state index contributed by atoms with van der Waals surface area (Å²) in [5.74, 6) is -0.280. The van der Waals surface area contributed by atoms with E-state index in [0.717, 1.165) is 61.7 Å². The number of alkyl carbamates (subject to hydrolysis) is 1. The third kappa shape index (κ3) is 12.0. The summed E-state index contributed by atoms with van der Waals surface area (Å²) in [5.41, 5.74) is 3.38. The van der Waals surface area contributed by atoms with Gasteiger partial charge in [-0.1, -0.05) is 56.4 Å². The number of hydrogen-bond donors (Lipinski definition) is 7. The molecule has 0 spiro atoms. The molecule has 54 heavy (non-hydrogen) atoms. The summed E-state index contributed by atoms with van der Waals surface area (Å²) in [6, 6.07) is 12.8. The lowest BCUT2D eigenvalue weighted by Gasteiger charge is -2.28. The summed E-state index contributed by atoms with van der Waals surface area (Å²) in [6.07, 6.45) is 7.36. The largest absolute Gasteiger partial charge is 0.444 e. The van der Waals surface area contributed by atoms with Crippen LogP contribution in [0.1, 0.15) is 102 Å². The number of H-pyrrole nitrogens is 1. The number of aromatic amines is 1. The third-order valence-electron chi connectivity index (χ3n) is 10.2. The number of para-hydroxylation sites is 1. The first-order valence-electron chi connectivity index (χ1n) is 19.4. The van der Waals surface area contributed by atoms with Crippen LogP contribution in [0.4, 0.5) is 21.0 Å². The molecule has 13 heteroatoms. The molecule has 2 aromatic carbocycles. The molecule has 5 rings (SSSR count). The van der Waals surface area contributed by atoms with Crippen molar-refractivity contribution in [3.8, 4) is 0 Å². The van der Waals surface area contributed by atoms with Crippen molar-refractivity contribution < 1.29 is 23.9 Å². The number of benzene rings is 2. The van der Waals surface area contributed by atoms with Crippen molar-refractivity contribution >= 4 is 46.2 Å². The predicted molar refractivity (Wildman–Crippen MR) is 212 cm³/mol. The predicted octanol–water partition coefficient (Wildman–Crippen LogP) is 6.19. The van der Waals surface area contributed by atoms with E-state index in [-0.39, 0.29) is 23.8 Å².